The van der Waals surface area contributed by atoms with Crippen LogP contribution >= 0.6 is 0 Å². The number of benzene rings is 2. The number of halogens is 2. The lowest BCUT2D eigenvalue weighted by molar-refractivity contribution is -0.0928. The van der Waals surface area contributed by atoms with Crippen molar-refractivity contribution in [2.75, 3.05) is 0 Å². The van der Waals surface area contributed by atoms with E-state index in [9.17, 15) is 27.1 Å². The topological polar surface area (TPSA) is 71.4 Å². The molecule has 0 fully saturated rings. The van der Waals surface area contributed by atoms with Crippen molar-refractivity contribution < 1.29 is 27.1 Å². The van der Waals surface area contributed by atoms with Crippen molar-refractivity contribution in [3.8, 4) is 0 Å². The molecule has 2 rings (SSSR count). The molecule has 2 aromatic carbocycles. The molecular formula is C16H14F2O4S. The summed E-state index contributed by atoms with van der Waals surface area (Å²) in [6.45, 7) is 0.427. The van der Waals surface area contributed by atoms with Gasteiger partial charge in [-0.05, 0) is 19.1 Å². The Morgan fingerprint density at radius 3 is 1.87 bits per heavy atom. The number of hydrogen-bond donors (Lipinski definition) is 1. The molecule has 23 heavy (non-hydrogen) atoms. The molecule has 1 atom stereocenters. The minimum absolute atomic E-state index is 0.388. The quantitative estimate of drug-likeness (QED) is 0.850. The van der Waals surface area contributed by atoms with Crippen LogP contribution in [0.2, 0.25) is 0 Å². The molecule has 1 unspecified atom stereocenters. The van der Waals surface area contributed by atoms with Crippen LogP contribution < -0.4 is 0 Å². The smallest absolute Gasteiger partial charge is 0.352 e. The highest BCUT2D eigenvalue weighted by atomic mass is 32.2. The number of hydrogen-bond acceptors (Lipinski definition) is 4. The molecule has 0 amide bonds. The average Bonchev–Trinajstić information content (AvgIpc) is 2.55. The Kier molecular flexibility index (Phi) is 4.37. The Balaban J connectivity index is 2.51. The summed E-state index contributed by atoms with van der Waals surface area (Å²) in [6.07, 6.45) is 0. The third-order valence-corrected chi connectivity index (χ3v) is 5.68. The molecule has 0 spiro atoms. The van der Waals surface area contributed by atoms with Gasteiger partial charge in [-0.25, -0.2) is 8.42 Å². The van der Waals surface area contributed by atoms with Crippen LogP contribution in [0.5, 0.6) is 0 Å². The van der Waals surface area contributed by atoms with E-state index >= 15 is 0 Å². The van der Waals surface area contributed by atoms with Crippen LogP contribution in [0.1, 0.15) is 17.3 Å². The first kappa shape index (κ1) is 17.2. The molecule has 0 aromatic heterocycles. The van der Waals surface area contributed by atoms with Gasteiger partial charge in [0.25, 0.3) is 0 Å². The van der Waals surface area contributed by atoms with Gasteiger partial charge in [0.15, 0.2) is 0 Å². The lowest BCUT2D eigenvalue weighted by Gasteiger charge is -2.30. The van der Waals surface area contributed by atoms with Crippen LogP contribution in [0.15, 0.2) is 65.6 Å². The maximum absolute atomic E-state index is 14.5. The number of Topliss-reactive ketones (excluding diaryl/α,β-unsaturated/α-hetero) is 1. The van der Waals surface area contributed by atoms with E-state index in [1.165, 1.54) is 36.4 Å². The standard InChI is InChI=1S/C16H14F2O4S/c1-15(20,23(21,22)13-10-6-3-7-11-13)16(17,18)14(19)12-8-4-2-5-9-12/h2-11,20H,1H3. The van der Waals surface area contributed by atoms with Gasteiger partial charge in [-0.2, -0.15) is 8.78 Å². The minimum atomic E-state index is -4.86. The summed E-state index contributed by atoms with van der Waals surface area (Å²) in [5, 5.41) is 10.1. The second-order valence-corrected chi connectivity index (χ2v) is 7.34. The highest BCUT2D eigenvalue weighted by Crippen LogP contribution is 2.39. The van der Waals surface area contributed by atoms with Crippen LogP contribution in [0.25, 0.3) is 0 Å². The number of alkyl halides is 2. The highest BCUT2D eigenvalue weighted by molar-refractivity contribution is 7.92. The molecule has 0 saturated heterocycles. The van der Waals surface area contributed by atoms with Gasteiger partial charge in [0.2, 0.25) is 20.6 Å². The van der Waals surface area contributed by atoms with Gasteiger partial charge in [0.1, 0.15) is 0 Å². The molecule has 4 nitrogen and oxygen atoms in total. The first-order valence-electron chi connectivity index (χ1n) is 6.62. The zero-order valence-corrected chi connectivity index (χ0v) is 12.9. The molecular weight excluding hydrogens is 326 g/mol. The van der Waals surface area contributed by atoms with Crippen molar-refractivity contribution in [1.82, 2.24) is 0 Å². The molecule has 0 heterocycles. The van der Waals surface area contributed by atoms with E-state index in [4.69, 9.17) is 0 Å². The Labute approximate surface area is 132 Å². The van der Waals surface area contributed by atoms with Crippen LogP contribution in [-0.2, 0) is 9.84 Å². The SMILES string of the molecule is CC(O)(C(F)(F)C(=O)c1ccccc1)S(=O)(=O)c1ccccc1. The Morgan fingerprint density at radius 1 is 0.957 bits per heavy atom. The van der Waals surface area contributed by atoms with Crippen molar-refractivity contribution in [3.63, 3.8) is 0 Å². The molecule has 7 heteroatoms. The monoisotopic (exact) mass is 340 g/mol. The number of rotatable bonds is 5. The third kappa shape index (κ3) is 2.77. The summed E-state index contributed by atoms with van der Waals surface area (Å²) in [6, 6.07) is 12.8. The second-order valence-electron chi connectivity index (χ2n) is 5.07. The van der Waals surface area contributed by atoms with Crippen molar-refractivity contribution in [3.05, 3.63) is 66.2 Å². The highest BCUT2D eigenvalue weighted by Gasteiger charge is 2.63. The fourth-order valence-electron chi connectivity index (χ4n) is 1.98. The van der Waals surface area contributed by atoms with Gasteiger partial charge in [-0.1, -0.05) is 48.5 Å². The molecule has 1 N–H and O–H groups in total. The summed E-state index contributed by atoms with van der Waals surface area (Å²) >= 11 is 0. The van der Waals surface area contributed by atoms with Gasteiger partial charge in [-0.3, -0.25) is 4.79 Å². The van der Waals surface area contributed by atoms with Crippen LogP contribution in [0, 0.1) is 0 Å². The normalized spacial score (nSPS) is 15.0. The third-order valence-electron chi connectivity index (χ3n) is 3.48. The zero-order valence-electron chi connectivity index (χ0n) is 12.1. The number of carbonyl (C=O) groups excluding carboxylic acids is 1. The van der Waals surface area contributed by atoms with E-state index in [-0.39, 0.29) is 5.56 Å². The van der Waals surface area contributed by atoms with Gasteiger partial charge >= 0.3 is 5.92 Å². The van der Waals surface area contributed by atoms with E-state index in [1.807, 2.05) is 0 Å². The largest absolute Gasteiger partial charge is 0.369 e. The molecule has 0 aliphatic rings. The molecule has 2 aromatic rings. The number of ketones is 1. The van der Waals surface area contributed by atoms with E-state index in [1.54, 1.807) is 0 Å². The maximum Gasteiger partial charge on any atom is 0.352 e. The molecule has 0 aliphatic carbocycles. The maximum atomic E-state index is 14.5. The molecule has 0 aliphatic heterocycles. The Morgan fingerprint density at radius 2 is 1.39 bits per heavy atom. The summed E-state index contributed by atoms with van der Waals surface area (Å²) in [5.74, 6) is -6.29. The van der Waals surface area contributed by atoms with Gasteiger partial charge in [0.05, 0.1) is 4.90 Å². The zero-order chi connectivity index (χ0) is 17.3. The van der Waals surface area contributed by atoms with Crippen molar-refractivity contribution in [2.24, 2.45) is 0 Å². The fourth-order valence-corrected chi connectivity index (χ4v) is 3.38. The van der Waals surface area contributed by atoms with E-state index in [0.717, 1.165) is 24.3 Å². The predicted octanol–water partition coefficient (Wildman–Crippen LogP) is 2.69. The molecule has 0 bridgehead atoms. The summed E-state index contributed by atoms with van der Waals surface area (Å²) in [5.41, 5.74) is -0.388. The first-order valence-corrected chi connectivity index (χ1v) is 8.10. The number of sulfone groups is 1. The van der Waals surface area contributed by atoms with Crippen molar-refractivity contribution in [2.45, 2.75) is 22.7 Å². The predicted molar refractivity (Wildman–Crippen MR) is 80.0 cm³/mol. The van der Waals surface area contributed by atoms with E-state index < -0.39 is 31.4 Å². The van der Waals surface area contributed by atoms with Gasteiger partial charge in [0, 0.05) is 5.56 Å². The lowest BCUT2D eigenvalue weighted by Crippen LogP contribution is -2.56. The Hall–Kier alpha value is -2.12. The number of carbonyl (C=O) groups is 1. The lowest BCUT2D eigenvalue weighted by atomic mass is 10.0. The summed E-state index contributed by atoms with van der Waals surface area (Å²) in [7, 11) is -4.86. The van der Waals surface area contributed by atoms with Crippen LogP contribution in [-0.4, -0.2) is 30.2 Å². The van der Waals surface area contributed by atoms with Gasteiger partial charge < -0.3 is 5.11 Å². The van der Waals surface area contributed by atoms with Crippen LogP contribution in [0.4, 0.5) is 8.78 Å². The Bertz CT molecular complexity index is 800. The summed E-state index contributed by atoms with van der Waals surface area (Å²) in [4.78, 5) is 7.93. The van der Waals surface area contributed by atoms with Crippen molar-refractivity contribution in [1.29, 1.82) is 0 Å². The fraction of sp³-hybridized carbons (Fsp3) is 0.188. The first-order chi connectivity index (χ1) is 10.6. The second kappa shape index (κ2) is 5.82. The molecule has 0 saturated carbocycles. The number of aliphatic hydroxyl groups is 1. The van der Waals surface area contributed by atoms with Crippen molar-refractivity contribution >= 4 is 15.6 Å². The van der Waals surface area contributed by atoms with E-state index in [2.05, 4.69) is 0 Å². The molecule has 0 radical (unpaired) electrons. The van der Waals surface area contributed by atoms with Crippen LogP contribution in [0.3, 0.4) is 0 Å². The van der Waals surface area contributed by atoms with Gasteiger partial charge in [-0.15, -0.1) is 0 Å². The van der Waals surface area contributed by atoms with E-state index in [0.29, 0.717) is 6.92 Å². The molecule has 122 valence electrons. The average molecular weight is 340 g/mol. The minimum Gasteiger partial charge on any atom is -0.369 e. The summed E-state index contributed by atoms with van der Waals surface area (Å²) < 4.78 is 53.7.